The van der Waals surface area contributed by atoms with Gasteiger partial charge in [0, 0.05) is 22.8 Å². The summed E-state index contributed by atoms with van der Waals surface area (Å²) in [7, 11) is 0. The lowest BCUT2D eigenvalue weighted by Crippen LogP contribution is -2.36. The summed E-state index contributed by atoms with van der Waals surface area (Å²) in [5.74, 6) is -0.395. The maximum atomic E-state index is 12.4. The fourth-order valence-electron chi connectivity index (χ4n) is 2.56. The van der Waals surface area contributed by atoms with Crippen LogP contribution >= 0.6 is 15.9 Å². The lowest BCUT2D eigenvalue weighted by atomic mass is 10.1. The second kappa shape index (κ2) is 7.62. The van der Waals surface area contributed by atoms with Gasteiger partial charge in [0.25, 0.3) is 0 Å². The molecule has 0 aliphatic heterocycles. The molecule has 0 radical (unpaired) electrons. The van der Waals surface area contributed by atoms with E-state index in [0.717, 1.165) is 26.9 Å². The van der Waals surface area contributed by atoms with E-state index in [1.165, 1.54) is 11.8 Å². The van der Waals surface area contributed by atoms with Gasteiger partial charge in [-0.15, -0.1) is 0 Å². The van der Waals surface area contributed by atoms with Gasteiger partial charge in [-0.05, 0) is 67.8 Å². The summed E-state index contributed by atoms with van der Waals surface area (Å²) in [6.45, 7) is 7.35. The average molecular weight is 389 g/mol. The molecule has 0 bridgehead atoms. The van der Waals surface area contributed by atoms with Crippen LogP contribution in [0.5, 0.6) is 0 Å². The number of nitrogens with zero attached hydrogens (tertiary/aromatic N) is 1. The van der Waals surface area contributed by atoms with Crippen LogP contribution in [-0.2, 0) is 9.59 Å². The molecule has 5 heteroatoms. The Bertz CT molecular complexity index is 767. The predicted octanol–water partition coefficient (Wildman–Crippen LogP) is 4.37. The van der Waals surface area contributed by atoms with Crippen molar-refractivity contribution in [3.8, 4) is 0 Å². The first kappa shape index (κ1) is 18.2. The summed E-state index contributed by atoms with van der Waals surface area (Å²) < 4.78 is 0.987. The molecule has 0 unspecified atom stereocenters. The standard InChI is InChI=1S/C19H21BrN2O2/c1-12-7-13(2)9-17(8-12)22(15(4)23)11-19(24)21-16-5-6-18(20)14(3)10-16/h5-10H,11H2,1-4H3,(H,21,24). The summed E-state index contributed by atoms with van der Waals surface area (Å²) in [6, 6.07) is 11.4. The van der Waals surface area contributed by atoms with Crippen LogP contribution in [0.1, 0.15) is 23.6 Å². The number of benzene rings is 2. The lowest BCUT2D eigenvalue weighted by Gasteiger charge is -2.22. The molecular formula is C19H21BrN2O2. The van der Waals surface area contributed by atoms with Crippen LogP contribution in [0, 0.1) is 20.8 Å². The molecule has 0 fully saturated rings. The van der Waals surface area contributed by atoms with Crippen molar-refractivity contribution >= 4 is 39.1 Å². The molecule has 24 heavy (non-hydrogen) atoms. The van der Waals surface area contributed by atoms with E-state index in [1.54, 1.807) is 0 Å². The molecule has 2 amide bonds. The second-order valence-corrected chi connectivity index (χ2v) is 6.82. The summed E-state index contributed by atoms with van der Waals surface area (Å²) in [4.78, 5) is 25.8. The normalized spacial score (nSPS) is 10.4. The lowest BCUT2D eigenvalue weighted by molar-refractivity contribution is -0.120. The van der Waals surface area contributed by atoms with Crippen LogP contribution in [0.3, 0.4) is 0 Å². The zero-order valence-corrected chi connectivity index (χ0v) is 15.9. The van der Waals surface area contributed by atoms with Gasteiger partial charge in [0.1, 0.15) is 6.54 Å². The van der Waals surface area contributed by atoms with Gasteiger partial charge >= 0.3 is 0 Å². The van der Waals surface area contributed by atoms with E-state index in [-0.39, 0.29) is 18.4 Å². The maximum absolute atomic E-state index is 12.4. The SMILES string of the molecule is CC(=O)N(CC(=O)Nc1ccc(Br)c(C)c1)c1cc(C)cc(C)c1. The number of carbonyl (C=O) groups excluding carboxylic acids is 2. The zero-order chi connectivity index (χ0) is 17.9. The third kappa shape index (κ3) is 4.68. The van der Waals surface area contributed by atoms with Crippen LogP contribution in [0.25, 0.3) is 0 Å². The van der Waals surface area contributed by atoms with Crippen molar-refractivity contribution in [2.45, 2.75) is 27.7 Å². The molecule has 0 saturated heterocycles. The number of hydrogen-bond donors (Lipinski definition) is 1. The minimum atomic E-state index is -0.230. The number of rotatable bonds is 4. The van der Waals surface area contributed by atoms with Gasteiger partial charge in [0.15, 0.2) is 0 Å². The highest BCUT2D eigenvalue weighted by Crippen LogP contribution is 2.21. The average Bonchev–Trinajstić information content (AvgIpc) is 2.47. The fraction of sp³-hybridized carbons (Fsp3) is 0.263. The monoisotopic (exact) mass is 388 g/mol. The molecular weight excluding hydrogens is 368 g/mol. The summed E-state index contributed by atoms with van der Waals surface area (Å²) in [6.07, 6.45) is 0. The van der Waals surface area contributed by atoms with E-state index < -0.39 is 0 Å². The molecule has 126 valence electrons. The van der Waals surface area contributed by atoms with Gasteiger partial charge in [-0.3, -0.25) is 9.59 Å². The zero-order valence-electron chi connectivity index (χ0n) is 14.3. The number of amides is 2. The maximum Gasteiger partial charge on any atom is 0.244 e. The molecule has 0 spiro atoms. The molecule has 1 N–H and O–H groups in total. The first-order chi connectivity index (χ1) is 11.3. The highest BCUT2D eigenvalue weighted by Gasteiger charge is 2.16. The smallest absolute Gasteiger partial charge is 0.244 e. The number of carbonyl (C=O) groups is 2. The van der Waals surface area contributed by atoms with E-state index in [2.05, 4.69) is 21.2 Å². The molecule has 0 saturated carbocycles. The molecule has 0 aliphatic carbocycles. The van der Waals surface area contributed by atoms with E-state index in [4.69, 9.17) is 0 Å². The fourth-order valence-corrected chi connectivity index (χ4v) is 2.80. The van der Waals surface area contributed by atoms with Crippen molar-refractivity contribution in [3.63, 3.8) is 0 Å². The van der Waals surface area contributed by atoms with Crippen LogP contribution < -0.4 is 10.2 Å². The highest BCUT2D eigenvalue weighted by molar-refractivity contribution is 9.10. The summed E-state index contributed by atoms with van der Waals surface area (Å²) >= 11 is 3.43. The van der Waals surface area contributed by atoms with Crippen molar-refractivity contribution in [1.82, 2.24) is 0 Å². The summed E-state index contributed by atoms with van der Waals surface area (Å²) in [5.41, 5.74) is 4.60. The van der Waals surface area contributed by atoms with E-state index in [9.17, 15) is 9.59 Å². The first-order valence-corrected chi connectivity index (χ1v) is 8.48. The van der Waals surface area contributed by atoms with E-state index in [0.29, 0.717) is 5.69 Å². The van der Waals surface area contributed by atoms with Crippen molar-refractivity contribution in [1.29, 1.82) is 0 Å². The first-order valence-electron chi connectivity index (χ1n) is 7.68. The van der Waals surface area contributed by atoms with Gasteiger partial charge in [0.2, 0.25) is 11.8 Å². The number of nitrogens with one attached hydrogen (secondary N) is 1. The number of hydrogen-bond acceptors (Lipinski definition) is 2. The third-order valence-electron chi connectivity index (χ3n) is 3.64. The van der Waals surface area contributed by atoms with Crippen molar-refractivity contribution in [2.75, 3.05) is 16.8 Å². The minimum Gasteiger partial charge on any atom is -0.325 e. The van der Waals surface area contributed by atoms with Gasteiger partial charge in [0.05, 0.1) is 0 Å². The molecule has 2 rings (SSSR count). The Hall–Kier alpha value is -2.14. The van der Waals surface area contributed by atoms with Crippen LogP contribution in [-0.4, -0.2) is 18.4 Å². The van der Waals surface area contributed by atoms with Crippen LogP contribution in [0.15, 0.2) is 40.9 Å². The highest BCUT2D eigenvalue weighted by atomic mass is 79.9. The van der Waals surface area contributed by atoms with Crippen molar-refractivity contribution < 1.29 is 9.59 Å². The Morgan fingerprint density at radius 3 is 2.21 bits per heavy atom. The largest absolute Gasteiger partial charge is 0.325 e. The Morgan fingerprint density at radius 2 is 1.67 bits per heavy atom. The van der Waals surface area contributed by atoms with Gasteiger partial charge in [-0.25, -0.2) is 0 Å². The van der Waals surface area contributed by atoms with Crippen molar-refractivity contribution in [3.05, 3.63) is 57.6 Å². The Kier molecular flexibility index (Phi) is 5.78. The molecule has 0 heterocycles. The predicted molar refractivity (Wildman–Crippen MR) is 101 cm³/mol. The quantitative estimate of drug-likeness (QED) is 0.845. The van der Waals surface area contributed by atoms with E-state index >= 15 is 0 Å². The number of halogens is 1. The number of anilines is 2. The topological polar surface area (TPSA) is 49.4 Å². The Morgan fingerprint density at radius 1 is 1.04 bits per heavy atom. The van der Waals surface area contributed by atoms with Crippen LogP contribution in [0.4, 0.5) is 11.4 Å². The Balaban J connectivity index is 2.16. The minimum absolute atomic E-state index is 0.0205. The molecule has 0 aliphatic rings. The second-order valence-electron chi connectivity index (χ2n) is 5.96. The van der Waals surface area contributed by atoms with Crippen LogP contribution in [0.2, 0.25) is 0 Å². The Labute approximate surface area is 151 Å². The molecule has 2 aromatic carbocycles. The number of aryl methyl sites for hydroxylation is 3. The van der Waals surface area contributed by atoms with Gasteiger partial charge in [-0.1, -0.05) is 22.0 Å². The third-order valence-corrected chi connectivity index (χ3v) is 4.53. The summed E-state index contributed by atoms with van der Waals surface area (Å²) in [5, 5.41) is 2.84. The molecule has 0 aromatic heterocycles. The van der Waals surface area contributed by atoms with E-state index in [1.807, 2.05) is 57.2 Å². The van der Waals surface area contributed by atoms with Gasteiger partial charge in [-0.2, -0.15) is 0 Å². The molecule has 2 aromatic rings. The molecule has 0 atom stereocenters. The van der Waals surface area contributed by atoms with Gasteiger partial charge < -0.3 is 10.2 Å². The molecule has 4 nitrogen and oxygen atoms in total. The van der Waals surface area contributed by atoms with Crippen molar-refractivity contribution in [2.24, 2.45) is 0 Å².